The van der Waals surface area contributed by atoms with Crippen LogP contribution in [0.2, 0.25) is 5.15 Å². The zero-order valence-electron chi connectivity index (χ0n) is 17.9. The van der Waals surface area contributed by atoms with E-state index in [2.05, 4.69) is 10.4 Å². The molecule has 180 valence electrons. The van der Waals surface area contributed by atoms with Crippen LogP contribution in [0.1, 0.15) is 34.4 Å². The third-order valence-electron chi connectivity index (χ3n) is 5.74. The second-order valence-corrected chi connectivity index (χ2v) is 8.25. The Morgan fingerprint density at radius 1 is 1.15 bits per heavy atom. The molecule has 2 aromatic carbocycles. The van der Waals surface area contributed by atoms with Gasteiger partial charge in [0.2, 0.25) is 0 Å². The van der Waals surface area contributed by atoms with E-state index in [4.69, 9.17) is 16.3 Å². The van der Waals surface area contributed by atoms with Gasteiger partial charge in [-0.15, -0.1) is 0 Å². The van der Waals surface area contributed by atoms with Crippen molar-refractivity contribution < 1.29 is 32.9 Å². The minimum absolute atomic E-state index is 0.0190. The van der Waals surface area contributed by atoms with Gasteiger partial charge in [-0.3, -0.25) is 4.68 Å². The quantitative estimate of drug-likeness (QED) is 0.480. The maximum absolute atomic E-state index is 13.2. The van der Waals surface area contributed by atoms with Gasteiger partial charge in [0.05, 0.1) is 5.56 Å². The van der Waals surface area contributed by atoms with Crippen LogP contribution in [0.5, 0.6) is 0 Å². The Labute approximate surface area is 197 Å². The standard InChI is InChI=1S/C23H21ClF3N3O4/c1-30-21(24)18(20(29-30)23(25,26)27)19(32)17(31)10-28-22(33)34-11-16-14-8-4-2-6-12(14)13-7-3-5-9-15(13)16/h2-9,16-17,19,31-32H,10-11H2,1H3,(H,28,33). The first kappa shape index (κ1) is 24.1. The van der Waals surface area contributed by atoms with Crippen molar-refractivity contribution in [2.45, 2.75) is 24.3 Å². The number of aryl methyl sites for hydroxylation is 1. The van der Waals surface area contributed by atoms with Crippen molar-refractivity contribution in [3.05, 3.63) is 76.1 Å². The van der Waals surface area contributed by atoms with Gasteiger partial charge in [-0.1, -0.05) is 60.1 Å². The Morgan fingerprint density at radius 2 is 1.71 bits per heavy atom. The Kier molecular flexibility index (Phi) is 6.57. The number of hydrogen-bond donors (Lipinski definition) is 3. The monoisotopic (exact) mass is 495 g/mol. The van der Waals surface area contributed by atoms with Gasteiger partial charge in [0.15, 0.2) is 5.69 Å². The van der Waals surface area contributed by atoms with E-state index in [1.54, 1.807) is 0 Å². The number of halogens is 4. The van der Waals surface area contributed by atoms with Crippen LogP contribution in [0.15, 0.2) is 48.5 Å². The summed E-state index contributed by atoms with van der Waals surface area (Å²) in [7, 11) is 1.18. The summed E-state index contributed by atoms with van der Waals surface area (Å²) < 4.78 is 45.7. The maximum atomic E-state index is 13.2. The fourth-order valence-electron chi connectivity index (χ4n) is 4.13. The molecule has 0 aliphatic heterocycles. The van der Waals surface area contributed by atoms with Gasteiger partial charge in [-0.05, 0) is 22.3 Å². The average Bonchev–Trinajstić information content (AvgIpc) is 3.30. The first-order chi connectivity index (χ1) is 16.1. The fraction of sp³-hybridized carbons (Fsp3) is 0.304. The average molecular weight is 496 g/mol. The largest absolute Gasteiger partial charge is 0.449 e. The molecule has 0 fully saturated rings. The lowest BCUT2D eigenvalue weighted by Gasteiger charge is -2.20. The molecular formula is C23H21ClF3N3O4. The van der Waals surface area contributed by atoms with E-state index in [0.29, 0.717) is 0 Å². The van der Waals surface area contributed by atoms with E-state index in [-0.39, 0.29) is 12.5 Å². The molecule has 0 saturated carbocycles. The molecule has 1 heterocycles. The number of amides is 1. The van der Waals surface area contributed by atoms with Gasteiger partial charge in [-0.25, -0.2) is 4.79 Å². The van der Waals surface area contributed by atoms with Crippen molar-refractivity contribution in [3.63, 3.8) is 0 Å². The summed E-state index contributed by atoms with van der Waals surface area (Å²) >= 11 is 5.84. The van der Waals surface area contributed by atoms with E-state index in [9.17, 15) is 28.2 Å². The normalized spacial score (nSPS) is 14.9. The highest BCUT2D eigenvalue weighted by Crippen LogP contribution is 2.44. The topological polar surface area (TPSA) is 96.6 Å². The highest BCUT2D eigenvalue weighted by Gasteiger charge is 2.42. The van der Waals surface area contributed by atoms with Gasteiger partial charge in [-0.2, -0.15) is 18.3 Å². The van der Waals surface area contributed by atoms with E-state index in [0.717, 1.165) is 26.9 Å². The molecule has 11 heteroatoms. The zero-order valence-corrected chi connectivity index (χ0v) is 18.6. The molecule has 0 radical (unpaired) electrons. The molecule has 3 N–H and O–H groups in total. The summed E-state index contributed by atoms with van der Waals surface area (Å²) in [6.45, 7) is -0.550. The molecule has 34 heavy (non-hydrogen) atoms. The molecule has 1 aromatic heterocycles. The van der Waals surface area contributed by atoms with Crippen LogP contribution in [0, 0.1) is 0 Å². The van der Waals surface area contributed by atoms with Crippen molar-refractivity contribution >= 4 is 17.7 Å². The van der Waals surface area contributed by atoms with E-state index >= 15 is 0 Å². The van der Waals surface area contributed by atoms with Crippen molar-refractivity contribution in [1.82, 2.24) is 15.1 Å². The molecule has 0 spiro atoms. The number of alkyl halides is 3. The first-order valence-electron chi connectivity index (χ1n) is 10.3. The van der Waals surface area contributed by atoms with Gasteiger partial charge in [0, 0.05) is 19.5 Å². The second kappa shape index (κ2) is 9.28. The molecule has 3 aromatic rings. The number of hydrogen-bond acceptors (Lipinski definition) is 5. The predicted molar refractivity (Wildman–Crippen MR) is 117 cm³/mol. The number of carbonyl (C=O) groups excluding carboxylic acids is 1. The molecule has 7 nitrogen and oxygen atoms in total. The van der Waals surface area contributed by atoms with Crippen molar-refractivity contribution in [1.29, 1.82) is 0 Å². The number of fused-ring (bicyclic) bond motifs is 3. The second-order valence-electron chi connectivity index (χ2n) is 7.89. The third-order valence-corrected chi connectivity index (χ3v) is 6.19. The number of aromatic nitrogens is 2. The van der Waals surface area contributed by atoms with Crippen LogP contribution in [-0.4, -0.2) is 45.3 Å². The molecule has 1 aliphatic rings. The molecule has 1 amide bonds. The first-order valence-corrected chi connectivity index (χ1v) is 10.7. The van der Waals surface area contributed by atoms with Crippen molar-refractivity contribution in [3.8, 4) is 11.1 Å². The maximum Gasteiger partial charge on any atom is 0.435 e. The summed E-state index contributed by atoms with van der Waals surface area (Å²) in [5.41, 5.74) is 1.96. The lowest BCUT2D eigenvalue weighted by Crippen LogP contribution is -2.36. The molecule has 2 atom stereocenters. The molecule has 4 rings (SSSR count). The number of alkyl carbamates (subject to hydrolysis) is 1. The van der Waals surface area contributed by atoms with Crippen LogP contribution >= 0.6 is 11.6 Å². The summed E-state index contributed by atoms with van der Waals surface area (Å²) in [6, 6.07) is 15.5. The highest BCUT2D eigenvalue weighted by molar-refractivity contribution is 6.30. The van der Waals surface area contributed by atoms with Gasteiger partial charge < -0.3 is 20.3 Å². The number of benzene rings is 2. The number of aliphatic hydroxyl groups is 2. The highest BCUT2D eigenvalue weighted by atomic mass is 35.5. The summed E-state index contributed by atoms with van der Waals surface area (Å²) in [5.74, 6) is -0.183. The van der Waals surface area contributed by atoms with Crippen molar-refractivity contribution in [2.75, 3.05) is 13.2 Å². The lowest BCUT2D eigenvalue weighted by atomic mass is 9.98. The summed E-state index contributed by atoms with van der Waals surface area (Å²) in [4.78, 5) is 12.2. The third kappa shape index (κ3) is 4.48. The zero-order chi connectivity index (χ0) is 24.6. The number of nitrogens with zero attached hydrogens (tertiary/aromatic N) is 2. The molecule has 0 saturated heterocycles. The van der Waals surface area contributed by atoms with Gasteiger partial charge in [0.1, 0.15) is 24.0 Å². The van der Waals surface area contributed by atoms with E-state index < -0.39 is 47.4 Å². The Bertz CT molecular complexity index is 1170. The number of ether oxygens (including phenoxy) is 1. The van der Waals surface area contributed by atoms with Crippen LogP contribution in [0.3, 0.4) is 0 Å². The smallest absolute Gasteiger partial charge is 0.435 e. The van der Waals surface area contributed by atoms with E-state index in [1.807, 2.05) is 48.5 Å². The predicted octanol–water partition coefficient (Wildman–Crippen LogP) is 4.03. The summed E-state index contributed by atoms with van der Waals surface area (Å²) in [5, 5.41) is 25.5. The minimum atomic E-state index is -4.89. The van der Waals surface area contributed by atoms with Crippen molar-refractivity contribution in [2.24, 2.45) is 7.05 Å². The molecule has 0 bridgehead atoms. The Morgan fingerprint density at radius 3 is 2.26 bits per heavy atom. The number of nitrogens with one attached hydrogen (secondary N) is 1. The van der Waals surface area contributed by atoms with Crippen LogP contribution in [-0.2, 0) is 18.0 Å². The summed E-state index contributed by atoms with van der Waals surface area (Å²) in [6.07, 6.45) is -9.60. The van der Waals surface area contributed by atoms with Gasteiger partial charge >= 0.3 is 12.3 Å². The number of aliphatic hydroxyl groups excluding tert-OH is 2. The Hall–Kier alpha value is -3.08. The van der Waals surface area contributed by atoms with Crippen LogP contribution in [0.25, 0.3) is 11.1 Å². The Balaban J connectivity index is 1.38. The number of rotatable bonds is 6. The van der Waals surface area contributed by atoms with Crippen LogP contribution in [0.4, 0.5) is 18.0 Å². The molecule has 2 unspecified atom stereocenters. The fourth-order valence-corrected chi connectivity index (χ4v) is 4.37. The minimum Gasteiger partial charge on any atom is -0.449 e. The molecule has 1 aliphatic carbocycles. The SMILES string of the molecule is Cn1nc(C(F)(F)F)c(C(O)C(O)CNC(=O)OCC2c3ccccc3-c3ccccc32)c1Cl. The van der Waals surface area contributed by atoms with Crippen LogP contribution < -0.4 is 5.32 Å². The van der Waals surface area contributed by atoms with E-state index in [1.165, 1.54) is 7.05 Å². The molecular weight excluding hydrogens is 475 g/mol. The number of carbonyl (C=O) groups is 1. The van der Waals surface area contributed by atoms with Gasteiger partial charge in [0.25, 0.3) is 0 Å². The lowest BCUT2D eigenvalue weighted by molar-refractivity contribution is -0.143.